The Hall–Kier alpha value is -1.30. The summed E-state index contributed by atoms with van der Waals surface area (Å²) >= 11 is 6.18. The van der Waals surface area contributed by atoms with Crippen molar-refractivity contribution in [3.63, 3.8) is 0 Å². The Morgan fingerprint density at radius 1 is 1.31 bits per heavy atom. The van der Waals surface area contributed by atoms with E-state index in [1.807, 2.05) is 18.2 Å². The second-order valence-corrected chi connectivity index (χ2v) is 7.06. The number of hydrogen-bond donors (Lipinski definition) is 2. The molecule has 2 rings (SSSR count). The molecule has 0 spiro atoms. The van der Waals surface area contributed by atoms with Crippen molar-refractivity contribution < 1.29 is 14.3 Å². The Bertz CT molecular complexity index is 669. The van der Waals surface area contributed by atoms with Crippen molar-refractivity contribution in [2.45, 2.75) is 6.54 Å². The largest absolute Gasteiger partial charge is 0.495 e. The van der Waals surface area contributed by atoms with E-state index in [0.717, 1.165) is 45.0 Å². The Morgan fingerprint density at radius 2 is 2.03 bits per heavy atom. The predicted molar refractivity (Wildman–Crippen MR) is 127 cm³/mol. The van der Waals surface area contributed by atoms with Crippen molar-refractivity contribution in [2.75, 3.05) is 67.1 Å². The summed E-state index contributed by atoms with van der Waals surface area (Å²) in [5.41, 5.74) is 0.957. The van der Waals surface area contributed by atoms with Crippen LogP contribution in [0.4, 0.5) is 0 Å². The molecule has 0 radical (unpaired) electrons. The third kappa shape index (κ3) is 9.37. The Labute approximate surface area is 195 Å². The van der Waals surface area contributed by atoms with Crippen LogP contribution >= 0.6 is 35.6 Å². The lowest BCUT2D eigenvalue weighted by Gasteiger charge is -2.26. The lowest BCUT2D eigenvalue weighted by molar-refractivity contribution is -0.127. The summed E-state index contributed by atoms with van der Waals surface area (Å²) in [5.74, 6) is 1.21. The second-order valence-electron chi connectivity index (χ2n) is 6.66. The minimum absolute atomic E-state index is 0. The lowest BCUT2D eigenvalue weighted by Crippen LogP contribution is -2.46. The monoisotopic (exact) mass is 539 g/mol. The first kappa shape index (κ1) is 25.7. The number of nitrogens with one attached hydrogen (secondary N) is 2. The first-order chi connectivity index (χ1) is 13.5. The number of morpholine rings is 1. The van der Waals surface area contributed by atoms with Crippen molar-refractivity contribution in [3.8, 4) is 5.75 Å². The van der Waals surface area contributed by atoms with Gasteiger partial charge in [-0.2, -0.15) is 0 Å². The van der Waals surface area contributed by atoms with E-state index in [9.17, 15) is 4.79 Å². The average Bonchev–Trinajstić information content (AvgIpc) is 2.70. The minimum atomic E-state index is -0.0184. The van der Waals surface area contributed by atoms with Crippen LogP contribution in [0.3, 0.4) is 0 Å². The fraction of sp³-hybridized carbons (Fsp3) is 0.579. The number of benzene rings is 1. The summed E-state index contributed by atoms with van der Waals surface area (Å²) in [6.07, 6.45) is 0. The number of ether oxygens (including phenoxy) is 2. The zero-order valence-electron chi connectivity index (χ0n) is 17.2. The molecule has 1 aliphatic heterocycles. The molecule has 10 heteroatoms. The van der Waals surface area contributed by atoms with E-state index < -0.39 is 0 Å². The number of methoxy groups -OCH3 is 1. The third-order valence-electron chi connectivity index (χ3n) is 4.37. The molecule has 0 aromatic heterocycles. The molecule has 164 valence electrons. The van der Waals surface area contributed by atoms with Gasteiger partial charge in [0.25, 0.3) is 0 Å². The first-order valence-corrected chi connectivity index (χ1v) is 9.72. The number of guanidine groups is 1. The van der Waals surface area contributed by atoms with Crippen molar-refractivity contribution >= 4 is 47.4 Å². The second kappa shape index (κ2) is 13.8. The number of nitrogens with zero attached hydrogens (tertiary/aromatic N) is 3. The van der Waals surface area contributed by atoms with Crippen LogP contribution < -0.4 is 15.4 Å². The topological polar surface area (TPSA) is 78.4 Å². The smallest absolute Gasteiger partial charge is 0.241 e. The van der Waals surface area contributed by atoms with Crippen LogP contribution in [0.5, 0.6) is 5.75 Å². The maximum atomic E-state index is 11.9. The quantitative estimate of drug-likeness (QED) is 0.296. The van der Waals surface area contributed by atoms with E-state index in [0.29, 0.717) is 23.3 Å². The minimum Gasteiger partial charge on any atom is -0.495 e. The zero-order chi connectivity index (χ0) is 20.4. The van der Waals surface area contributed by atoms with Gasteiger partial charge >= 0.3 is 0 Å². The van der Waals surface area contributed by atoms with E-state index >= 15 is 0 Å². The summed E-state index contributed by atoms with van der Waals surface area (Å²) in [7, 11) is 5.04. The van der Waals surface area contributed by atoms with Gasteiger partial charge in [-0.25, -0.2) is 4.99 Å². The molecule has 1 amide bonds. The fourth-order valence-corrected chi connectivity index (χ4v) is 2.91. The van der Waals surface area contributed by atoms with Gasteiger partial charge in [0.1, 0.15) is 5.75 Å². The van der Waals surface area contributed by atoms with Gasteiger partial charge in [0.15, 0.2) is 5.96 Å². The molecule has 1 heterocycles. The molecule has 8 nitrogen and oxygen atoms in total. The number of rotatable bonds is 8. The van der Waals surface area contributed by atoms with Crippen LogP contribution in [0.1, 0.15) is 5.56 Å². The molecular weight excluding hydrogens is 509 g/mol. The number of likely N-dealkylation sites (N-methyl/N-ethyl adjacent to an activating group) is 1. The van der Waals surface area contributed by atoms with Gasteiger partial charge in [-0.15, -0.1) is 24.0 Å². The molecule has 0 saturated carbocycles. The van der Waals surface area contributed by atoms with E-state index in [4.69, 9.17) is 21.1 Å². The molecule has 0 atom stereocenters. The van der Waals surface area contributed by atoms with Crippen LogP contribution in [-0.4, -0.2) is 88.8 Å². The number of carbonyl (C=O) groups is 1. The maximum Gasteiger partial charge on any atom is 0.241 e. The van der Waals surface area contributed by atoms with Crippen molar-refractivity contribution in [2.24, 2.45) is 4.99 Å². The van der Waals surface area contributed by atoms with Gasteiger partial charge in [0, 0.05) is 40.3 Å². The van der Waals surface area contributed by atoms with Gasteiger partial charge in [-0.05, 0) is 17.7 Å². The average molecular weight is 540 g/mol. The maximum absolute atomic E-state index is 11.9. The number of aliphatic imine (C=N–C) groups is 1. The van der Waals surface area contributed by atoms with Crippen LogP contribution in [0.25, 0.3) is 0 Å². The molecule has 2 N–H and O–H groups in total. The van der Waals surface area contributed by atoms with E-state index in [-0.39, 0.29) is 36.4 Å². The van der Waals surface area contributed by atoms with Crippen molar-refractivity contribution in [3.05, 3.63) is 28.8 Å². The van der Waals surface area contributed by atoms with Gasteiger partial charge in [0.05, 0.1) is 38.4 Å². The van der Waals surface area contributed by atoms with Gasteiger partial charge < -0.3 is 25.0 Å². The van der Waals surface area contributed by atoms with E-state index in [1.165, 1.54) is 0 Å². The normalized spacial score (nSPS) is 14.7. The Morgan fingerprint density at radius 3 is 2.66 bits per heavy atom. The molecule has 1 aromatic carbocycles. The molecule has 1 aliphatic rings. The zero-order valence-corrected chi connectivity index (χ0v) is 20.3. The highest BCUT2D eigenvalue weighted by molar-refractivity contribution is 14.0. The van der Waals surface area contributed by atoms with Crippen LogP contribution in [0.2, 0.25) is 5.02 Å². The summed E-state index contributed by atoms with van der Waals surface area (Å²) in [6, 6.07) is 5.58. The van der Waals surface area contributed by atoms with Gasteiger partial charge in [-0.3, -0.25) is 9.69 Å². The highest BCUT2D eigenvalue weighted by Gasteiger charge is 2.11. The SMILES string of the molecule is COc1ccc(CN=C(NCCN2CCOCC2)NCC(=O)N(C)C)cc1Cl.I. The molecule has 1 saturated heterocycles. The fourth-order valence-electron chi connectivity index (χ4n) is 2.63. The molecule has 1 aromatic rings. The summed E-state index contributed by atoms with van der Waals surface area (Å²) in [4.78, 5) is 20.3. The van der Waals surface area contributed by atoms with E-state index in [1.54, 1.807) is 26.1 Å². The highest BCUT2D eigenvalue weighted by atomic mass is 127. The van der Waals surface area contributed by atoms with Crippen LogP contribution in [0, 0.1) is 0 Å². The molecular formula is C19H31ClIN5O3. The highest BCUT2D eigenvalue weighted by Crippen LogP contribution is 2.25. The Balaban J connectivity index is 0.00000420. The first-order valence-electron chi connectivity index (χ1n) is 9.34. The van der Waals surface area contributed by atoms with E-state index in [2.05, 4.69) is 20.5 Å². The summed E-state index contributed by atoms with van der Waals surface area (Å²) in [5, 5.41) is 6.94. The Kier molecular flexibility index (Phi) is 12.3. The molecule has 0 aliphatic carbocycles. The summed E-state index contributed by atoms with van der Waals surface area (Å²) in [6.45, 7) is 5.65. The number of amides is 1. The number of hydrogen-bond acceptors (Lipinski definition) is 5. The molecule has 0 bridgehead atoms. The van der Waals surface area contributed by atoms with Gasteiger partial charge in [-0.1, -0.05) is 17.7 Å². The summed E-state index contributed by atoms with van der Waals surface area (Å²) < 4.78 is 10.5. The van der Waals surface area contributed by atoms with Crippen LogP contribution in [-0.2, 0) is 16.1 Å². The third-order valence-corrected chi connectivity index (χ3v) is 4.66. The van der Waals surface area contributed by atoms with Crippen LogP contribution in [0.15, 0.2) is 23.2 Å². The molecule has 29 heavy (non-hydrogen) atoms. The number of carbonyl (C=O) groups excluding carboxylic acids is 1. The van der Waals surface area contributed by atoms with Crippen molar-refractivity contribution in [1.29, 1.82) is 0 Å². The standard InChI is InChI=1S/C19H30ClN5O3.HI/c1-24(2)18(26)14-23-19(21-6-7-25-8-10-28-11-9-25)22-13-15-4-5-17(27-3)16(20)12-15;/h4-5,12H,6-11,13-14H2,1-3H3,(H2,21,22,23);1H. The number of halogens is 2. The van der Waals surface area contributed by atoms with Crippen molar-refractivity contribution in [1.82, 2.24) is 20.4 Å². The van der Waals surface area contributed by atoms with Gasteiger partial charge in [0.2, 0.25) is 5.91 Å². The molecule has 0 unspecified atom stereocenters. The lowest BCUT2D eigenvalue weighted by atomic mass is 10.2. The predicted octanol–water partition coefficient (Wildman–Crippen LogP) is 1.42. The molecule has 1 fully saturated rings.